The molecular formula is C14H23N2O4P. The van der Waals surface area contributed by atoms with E-state index in [-0.39, 0.29) is 17.8 Å². The van der Waals surface area contributed by atoms with Crippen LogP contribution in [-0.2, 0) is 10.9 Å². The summed E-state index contributed by atoms with van der Waals surface area (Å²) in [5.41, 5.74) is 1.03. The normalized spacial score (nSPS) is 13.1. The Morgan fingerprint density at radius 2 is 1.76 bits per heavy atom. The second-order valence-electron chi connectivity index (χ2n) is 5.33. The van der Waals surface area contributed by atoms with Crippen molar-refractivity contribution >= 4 is 14.2 Å². The van der Waals surface area contributed by atoms with Crippen LogP contribution in [0.15, 0.2) is 24.3 Å². The van der Waals surface area contributed by atoms with Gasteiger partial charge in [0, 0.05) is 24.2 Å². The standard InChI is InChI=1S/C14H23N2O4P/c1-11(2)15(12(3)4)21(19)20-10-9-13-5-7-14(8-6-13)16(17)18/h5-8,11-12,19H,9-10H2,1-4H3. The van der Waals surface area contributed by atoms with E-state index < -0.39 is 13.4 Å². The van der Waals surface area contributed by atoms with E-state index in [0.717, 1.165) is 5.56 Å². The molecule has 0 aliphatic carbocycles. The molecule has 0 spiro atoms. The van der Waals surface area contributed by atoms with E-state index in [9.17, 15) is 15.0 Å². The van der Waals surface area contributed by atoms with Crippen LogP contribution in [0.2, 0.25) is 0 Å². The quantitative estimate of drug-likeness (QED) is 0.451. The van der Waals surface area contributed by atoms with E-state index in [2.05, 4.69) is 0 Å². The van der Waals surface area contributed by atoms with Crippen LogP contribution in [0.25, 0.3) is 0 Å². The van der Waals surface area contributed by atoms with Gasteiger partial charge < -0.3 is 9.42 Å². The van der Waals surface area contributed by atoms with E-state index in [0.29, 0.717) is 13.0 Å². The highest BCUT2D eigenvalue weighted by Crippen LogP contribution is 2.40. The van der Waals surface area contributed by atoms with Gasteiger partial charge in [0.1, 0.15) is 0 Å². The Labute approximate surface area is 126 Å². The summed E-state index contributed by atoms with van der Waals surface area (Å²) in [4.78, 5) is 20.3. The molecule has 1 aromatic rings. The molecule has 0 fully saturated rings. The fourth-order valence-electron chi connectivity index (χ4n) is 2.09. The third kappa shape index (κ3) is 5.67. The number of nitro groups is 1. The minimum absolute atomic E-state index is 0.0786. The van der Waals surface area contributed by atoms with Crippen molar-refractivity contribution in [1.82, 2.24) is 4.67 Å². The highest BCUT2D eigenvalue weighted by Gasteiger charge is 2.23. The van der Waals surface area contributed by atoms with Gasteiger partial charge in [-0.2, -0.15) is 0 Å². The van der Waals surface area contributed by atoms with Crippen molar-refractivity contribution in [2.75, 3.05) is 6.61 Å². The second kappa shape index (κ2) is 8.39. The SMILES string of the molecule is CC(C)N(C(C)C)P(O)OCCc1ccc([N+](=O)[O-])cc1. The lowest BCUT2D eigenvalue weighted by Crippen LogP contribution is -2.32. The van der Waals surface area contributed by atoms with Gasteiger partial charge in [-0.1, -0.05) is 12.1 Å². The molecule has 1 aromatic carbocycles. The van der Waals surface area contributed by atoms with Crippen LogP contribution in [0.1, 0.15) is 33.3 Å². The van der Waals surface area contributed by atoms with Gasteiger partial charge in [-0.05, 0) is 39.7 Å². The molecule has 0 aliphatic heterocycles. The zero-order chi connectivity index (χ0) is 16.0. The summed E-state index contributed by atoms with van der Waals surface area (Å²) in [6.07, 6.45) is 0.613. The molecule has 0 saturated heterocycles. The molecule has 0 bridgehead atoms. The predicted molar refractivity (Wildman–Crippen MR) is 84.0 cm³/mol. The van der Waals surface area contributed by atoms with Gasteiger partial charge in [-0.25, -0.2) is 4.67 Å². The van der Waals surface area contributed by atoms with Crippen LogP contribution >= 0.6 is 8.53 Å². The third-order valence-electron chi connectivity index (χ3n) is 3.00. The fraction of sp³-hybridized carbons (Fsp3) is 0.571. The van der Waals surface area contributed by atoms with Crippen molar-refractivity contribution in [3.63, 3.8) is 0 Å². The summed E-state index contributed by atoms with van der Waals surface area (Å²) in [5, 5.41) is 10.6. The lowest BCUT2D eigenvalue weighted by Gasteiger charge is -2.32. The Kier molecular flexibility index (Phi) is 7.18. The highest BCUT2D eigenvalue weighted by molar-refractivity contribution is 7.43. The van der Waals surface area contributed by atoms with E-state index in [4.69, 9.17) is 4.52 Å². The lowest BCUT2D eigenvalue weighted by atomic mass is 10.1. The molecule has 1 unspecified atom stereocenters. The van der Waals surface area contributed by atoms with Crippen LogP contribution in [0.3, 0.4) is 0 Å². The van der Waals surface area contributed by atoms with E-state index in [1.165, 1.54) is 12.1 Å². The average Bonchev–Trinajstić information content (AvgIpc) is 2.38. The molecule has 1 atom stereocenters. The zero-order valence-corrected chi connectivity index (χ0v) is 13.8. The minimum atomic E-state index is -1.61. The van der Waals surface area contributed by atoms with E-state index >= 15 is 0 Å². The molecule has 0 heterocycles. The van der Waals surface area contributed by atoms with Crippen LogP contribution in [0.5, 0.6) is 0 Å². The second-order valence-corrected chi connectivity index (χ2v) is 6.55. The Bertz CT molecular complexity index is 443. The molecule has 118 valence electrons. The van der Waals surface area contributed by atoms with Crippen LogP contribution in [-0.4, -0.2) is 33.2 Å². The van der Waals surface area contributed by atoms with Crippen LogP contribution in [0, 0.1) is 10.1 Å². The van der Waals surface area contributed by atoms with Crippen molar-refractivity contribution in [1.29, 1.82) is 0 Å². The summed E-state index contributed by atoms with van der Waals surface area (Å²) in [6.45, 7) is 8.46. The molecule has 1 rings (SSSR count). The number of hydrogen-bond donors (Lipinski definition) is 1. The molecular weight excluding hydrogens is 291 g/mol. The topological polar surface area (TPSA) is 75.8 Å². The Hall–Kier alpha value is -1.07. The van der Waals surface area contributed by atoms with E-state index in [1.807, 2.05) is 32.4 Å². The summed E-state index contributed by atoms with van der Waals surface area (Å²) in [6, 6.07) is 6.80. The average molecular weight is 314 g/mol. The maximum atomic E-state index is 10.6. The molecule has 6 nitrogen and oxygen atoms in total. The summed E-state index contributed by atoms with van der Waals surface area (Å²) in [7, 11) is -1.61. The number of nitro benzene ring substituents is 1. The first-order chi connectivity index (χ1) is 9.82. The van der Waals surface area contributed by atoms with Crippen molar-refractivity contribution in [3.05, 3.63) is 39.9 Å². The summed E-state index contributed by atoms with van der Waals surface area (Å²) < 4.78 is 7.46. The Balaban J connectivity index is 2.47. The molecule has 21 heavy (non-hydrogen) atoms. The monoisotopic (exact) mass is 314 g/mol. The number of benzene rings is 1. The van der Waals surface area contributed by atoms with Gasteiger partial charge in [-0.3, -0.25) is 10.1 Å². The molecule has 0 amide bonds. The van der Waals surface area contributed by atoms with E-state index in [1.54, 1.807) is 12.1 Å². The largest absolute Gasteiger partial charge is 0.338 e. The molecule has 7 heteroatoms. The van der Waals surface area contributed by atoms with Crippen molar-refractivity contribution in [3.8, 4) is 0 Å². The first-order valence-electron chi connectivity index (χ1n) is 6.96. The summed E-state index contributed by atoms with van der Waals surface area (Å²) in [5.74, 6) is 0. The van der Waals surface area contributed by atoms with Crippen molar-refractivity contribution < 1.29 is 14.3 Å². The first kappa shape index (κ1) is 18.0. The molecule has 0 aromatic heterocycles. The Morgan fingerprint density at radius 3 is 2.19 bits per heavy atom. The highest BCUT2D eigenvalue weighted by atomic mass is 31.2. The fourth-order valence-corrected chi connectivity index (χ4v) is 3.27. The number of nitrogens with zero attached hydrogens (tertiary/aromatic N) is 2. The van der Waals surface area contributed by atoms with Gasteiger partial charge in [0.25, 0.3) is 14.2 Å². The van der Waals surface area contributed by atoms with Gasteiger partial charge >= 0.3 is 0 Å². The molecule has 0 aliphatic rings. The number of rotatable bonds is 8. The zero-order valence-electron chi connectivity index (χ0n) is 12.9. The Morgan fingerprint density at radius 1 is 1.24 bits per heavy atom. The van der Waals surface area contributed by atoms with Gasteiger partial charge in [0.05, 0.1) is 11.5 Å². The number of hydrogen-bond acceptors (Lipinski definition) is 5. The van der Waals surface area contributed by atoms with Crippen molar-refractivity contribution in [2.24, 2.45) is 0 Å². The maximum Gasteiger partial charge on any atom is 0.269 e. The first-order valence-corrected chi connectivity index (χ1v) is 8.13. The molecule has 0 saturated carbocycles. The minimum Gasteiger partial charge on any atom is -0.338 e. The van der Waals surface area contributed by atoms with Gasteiger partial charge in [0.2, 0.25) is 0 Å². The van der Waals surface area contributed by atoms with Gasteiger partial charge in [0.15, 0.2) is 0 Å². The van der Waals surface area contributed by atoms with Crippen LogP contribution in [0.4, 0.5) is 5.69 Å². The van der Waals surface area contributed by atoms with Crippen molar-refractivity contribution in [2.45, 2.75) is 46.2 Å². The molecule has 0 radical (unpaired) electrons. The van der Waals surface area contributed by atoms with Crippen LogP contribution < -0.4 is 0 Å². The molecule has 1 N–H and O–H groups in total. The maximum absolute atomic E-state index is 10.6. The van der Waals surface area contributed by atoms with Gasteiger partial charge in [-0.15, -0.1) is 0 Å². The predicted octanol–water partition coefficient (Wildman–Crippen LogP) is 3.49. The smallest absolute Gasteiger partial charge is 0.269 e. The third-order valence-corrected chi connectivity index (χ3v) is 4.73. The number of non-ortho nitro benzene ring substituents is 1. The summed E-state index contributed by atoms with van der Waals surface area (Å²) >= 11 is 0. The lowest BCUT2D eigenvalue weighted by molar-refractivity contribution is -0.384.